The molecule has 0 bridgehead atoms. The highest BCUT2D eigenvalue weighted by Gasteiger charge is 2.02. The number of hydrazone groups is 1. The van der Waals surface area contributed by atoms with Crippen molar-refractivity contribution in [3.05, 3.63) is 21.9 Å². The molecule has 0 aromatic carbocycles. The smallest absolute Gasteiger partial charge is 0.243 e. The largest absolute Gasteiger partial charge is 0.289 e. The Morgan fingerprint density at radius 3 is 2.60 bits per heavy atom. The van der Waals surface area contributed by atoms with Crippen LogP contribution in [-0.4, -0.2) is 23.2 Å². The van der Waals surface area contributed by atoms with E-state index in [9.17, 15) is 9.59 Å². The van der Waals surface area contributed by atoms with E-state index in [-0.39, 0.29) is 12.3 Å². The van der Waals surface area contributed by atoms with Crippen LogP contribution in [0.4, 0.5) is 0 Å². The minimum atomic E-state index is -0.398. The van der Waals surface area contributed by atoms with E-state index in [0.29, 0.717) is 19.3 Å². The van der Waals surface area contributed by atoms with Crippen LogP contribution in [0.15, 0.2) is 16.5 Å². The second-order valence-corrected chi connectivity index (χ2v) is 5.30. The Kier molecular flexibility index (Phi) is 7.52. The molecule has 1 aromatic rings. The van der Waals surface area contributed by atoms with Gasteiger partial charge in [0.25, 0.3) is 0 Å². The molecule has 0 aliphatic carbocycles. The summed E-state index contributed by atoms with van der Waals surface area (Å²) < 4.78 is 0. The Morgan fingerprint density at radius 1 is 1.30 bits per heavy atom. The SMILES string of the molecule is Cc1ccsc1/C=N\NC(=O)CCCCCC(=O)NO. The van der Waals surface area contributed by atoms with E-state index < -0.39 is 5.91 Å². The van der Waals surface area contributed by atoms with E-state index in [4.69, 9.17) is 5.21 Å². The summed E-state index contributed by atoms with van der Waals surface area (Å²) in [4.78, 5) is 23.2. The zero-order valence-electron chi connectivity index (χ0n) is 11.4. The van der Waals surface area contributed by atoms with Gasteiger partial charge in [0.15, 0.2) is 0 Å². The van der Waals surface area contributed by atoms with Crippen molar-refractivity contribution in [2.45, 2.75) is 39.0 Å². The van der Waals surface area contributed by atoms with E-state index in [1.54, 1.807) is 23.0 Å². The van der Waals surface area contributed by atoms with Crippen molar-refractivity contribution in [1.82, 2.24) is 10.9 Å². The van der Waals surface area contributed by atoms with Crippen LogP contribution in [0.1, 0.15) is 42.5 Å². The highest BCUT2D eigenvalue weighted by molar-refractivity contribution is 7.11. The second-order valence-electron chi connectivity index (χ2n) is 4.36. The number of nitrogens with one attached hydrogen (secondary N) is 2. The summed E-state index contributed by atoms with van der Waals surface area (Å²) in [6.07, 6.45) is 4.39. The van der Waals surface area contributed by atoms with Gasteiger partial charge in [0.05, 0.1) is 6.21 Å². The van der Waals surface area contributed by atoms with Gasteiger partial charge in [-0.3, -0.25) is 14.8 Å². The standard InChI is InChI=1S/C13H19N3O3S/c1-10-7-8-20-11(10)9-14-15-12(17)5-3-2-4-6-13(18)16-19/h7-9,19H,2-6H2,1H3,(H,15,17)(H,16,18)/b14-9-. The molecule has 0 fully saturated rings. The number of hydrogen-bond acceptors (Lipinski definition) is 5. The fourth-order valence-electron chi connectivity index (χ4n) is 1.54. The normalized spacial score (nSPS) is 10.7. The number of thiophene rings is 1. The number of amides is 2. The lowest BCUT2D eigenvalue weighted by Crippen LogP contribution is -2.18. The summed E-state index contributed by atoms with van der Waals surface area (Å²) in [6, 6.07) is 2.00. The molecule has 0 aliphatic heterocycles. The predicted octanol–water partition coefficient (Wildman–Crippen LogP) is 1.96. The number of unbranched alkanes of at least 4 members (excludes halogenated alkanes) is 2. The third kappa shape index (κ3) is 6.44. The van der Waals surface area contributed by atoms with Gasteiger partial charge < -0.3 is 0 Å². The average molecular weight is 297 g/mol. The Balaban J connectivity index is 2.10. The van der Waals surface area contributed by atoms with Gasteiger partial charge in [-0.2, -0.15) is 5.10 Å². The van der Waals surface area contributed by atoms with Gasteiger partial charge in [-0.25, -0.2) is 10.9 Å². The van der Waals surface area contributed by atoms with Crippen molar-refractivity contribution < 1.29 is 14.8 Å². The van der Waals surface area contributed by atoms with E-state index in [1.165, 1.54) is 0 Å². The molecule has 2 amide bonds. The number of hydroxylamine groups is 1. The molecule has 3 N–H and O–H groups in total. The lowest BCUT2D eigenvalue weighted by Gasteiger charge is -2.00. The first kappa shape index (κ1) is 16.3. The first-order chi connectivity index (χ1) is 9.63. The minimum absolute atomic E-state index is 0.137. The fraction of sp³-hybridized carbons (Fsp3) is 0.462. The minimum Gasteiger partial charge on any atom is -0.289 e. The number of aryl methyl sites for hydroxylation is 1. The molecule has 1 aromatic heterocycles. The highest BCUT2D eigenvalue weighted by Crippen LogP contribution is 2.12. The summed E-state index contributed by atoms with van der Waals surface area (Å²) in [5, 5.41) is 14.2. The number of nitrogens with zero attached hydrogens (tertiary/aromatic N) is 1. The van der Waals surface area contributed by atoms with E-state index in [1.807, 2.05) is 18.4 Å². The molecule has 0 aliphatic rings. The highest BCUT2D eigenvalue weighted by atomic mass is 32.1. The quantitative estimate of drug-likeness (QED) is 0.296. The van der Waals surface area contributed by atoms with Crippen LogP contribution in [0.25, 0.3) is 0 Å². The molecule has 1 rings (SSSR count). The number of rotatable bonds is 8. The Morgan fingerprint density at radius 2 is 2.00 bits per heavy atom. The first-order valence-electron chi connectivity index (χ1n) is 6.42. The van der Waals surface area contributed by atoms with Gasteiger partial charge in [-0.1, -0.05) is 6.42 Å². The van der Waals surface area contributed by atoms with Gasteiger partial charge >= 0.3 is 0 Å². The van der Waals surface area contributed by atoms with Gasteiger partial charge in [0.2, 0.25) is 11.8 Å². The molecule has 6 nitrogen and oxygen atoms in total. The maximum Gasteiger partial charge on any atom is 0.243 e. The Hall–Kier alpha value is -1.73. The Bertz CT molecular complexity index is 471. The molecule has 0 saturated heterocycles. The number of hydrogen-bond donors (Lipinski definition) is 3. The van der Waals surface area contributed by atoms with E-state index in [0.717, 1.165) is 16.9 Å². The zero-order chi connectivity index (χ0) is 14.8. The molecule has 0 atom stereocenters. The monoisotopic (exact) mass is 297 g/mol. The summed E-state index contributed by atoms with van der Waals surface area (Å²) in [5.41, 5.74) is 5.19. The topological polar surface area (TPSA) is 90.8 Å². The second kappa shape index (κ2) is 9.22. The van der Waals surface area contributed by atoms with Crippen LogP contribution in [0.3, 0.4) is 0 Å². The molecular formula is C13H19N3O3S. The van der Waals surface area contributed by atoms with Gasteiger partial charge in [-0.15, -0.1) is 11.3 Å². The van der Waals surface area contributed by atoms with E-state index in [2.05, 4.69) is 10.5 Å². The van der Waals surface area contributed by atoms with Crippen molar-refractivity contribution in [3.63, 3.8) is 0 Å². The van der Waals surface area contributed by atoms with Crippen molar-refractivity contribution in [3.8, 4) is 0 Å². The third-order valence-electron chi connectivity index (χ3n) is 2.71. The van der Waals surface area contributed by atoms with Crippen LogP contribution in [0.2, 0.25) is 0 Å². The van der Waals surface area contributed by atoms with Crippen LogP contribution >= 0.6 is 11.3 Å². The Labute approximate surface area is 121 Å². The van der Waals surface area contributed by atoms with Crippen LogP contribution in [0.5, 0.6) is 0 Å². The fourth-order valence-corrected chi connectivity index (χ4v) is 2.33. The van der Waals surface area contributed by atoms with Gasteiger partial charge in [0.1, 0.15) is 0 Å². The molecule has 110 valence electrons. The van der Waals surface area contributed by atoms with Crippen molar-refractivity contribution >= 4 is 29.4 Å². The molecule has 1 heterocycles. The molecule has 20 heavy (non-hydrogen) atoms. The molecule has 0 unspecified atom stereocenters. The molecule has 0 saturated carbocycles. The maximum atomic E-state index is 11.5. The molecule has 0 radical (unpaired) electrons. The maximum absolute atomic E-state index is 11.5. The third-order valence-corrected chi connectivity index (χ3v) is 3.66. The lowest BCUT2D eigenvalue weighted by molar-refractivity contribution is -0.129. The van der Waals surface area contributed by atoms with Gasteiger partial charge in [-0.05, 0) is 36.8 Å². The summed E-state index contributed by atoms with van der Waals surface area (Å²) >= 11 is 1.57. The summed E-state index contributed by atoms with van der Waals surface area (Å²) in [6.45, 7) is 1.99. The summed E-state index contributed by atoms with van der Waals surface area (Å²) in [5.74, 6) is -0.535. The number of carbonyl (C=O) groups excluding carboxylic acids is 2. The van der Waals surface area contributed by atoms with Crippen molar-refractivity contribution in [1.29, 1.82) is 0 Å². The summed E-state index contributed by atoms with van der Waals surface area (Å²) in [7, 11) is 0. The molecule has 7 heteroatoms. The average Bonchev–Trinajstić information content (AvgIpc) is 2.84. The number of carbonyl (C=O) groups is 2. The van der Waals surface area contributed by atoms with Crippen LogP contribution in [0, 0.1) is 6.92 Å². The van der Waals surface area contributed by atoms with Crippen LogP contribution < -0.4 is 10.9 Å². The molecular weight excluding hydrogens is 278 g/mol. The first-order valence-corrected chi connectivity index (χ1v) is 7.30. The van der Waals surface area contributed by atoms with E-state index >= 15 is 0 Å². The van der Waals surface area contributed by atoms with Crippen LogP contribution in [-0.2, 0) is 9.59 Å². The van der Waals surface area contributed by atoms with Gasteiger partial charge in [0, 0.05) is 17.7 Å². The predicted molar refractivity (Wildman–Crippen MR) is 77.8 cm³/mol. The molecule has 0 spiro atoms. The van der Waals surface area contributed by atoms with Crippen molar-refractivity contribution in [2.75, 3.05) is 0 Å². The van der Waals surface area contributed by atoms with Crippen molar-refractivity contribution in [2.24, 2.45) is 5.10 Å². The zero-order valence-corrected chi connectivity index (χ0v) is 12.2. The lowest BCUT2D eigenvalue weighted by atomic mass is 10.1.